The molecule has 1 atom stereocenters. The number of hydrogen-bond donors (Lipinski definition) is 3. The summed E-state index contributed by atoms with van der Waals surface area (Å²) in [6.07, 6.45) is 0.890. The van der Waals surface area contributed by atoms with Gasteiger partial charge in [-0.15, -0.1) is 5.10 Å². The Balaban J connectivity index is 1.03. The highest BCUT2D eigenvalue weighted by molar-refractivity contribution is 5.97. The van der Waals surface area contributed by atoms with Gasteiger partial charge in [0, 0.05) is 49.0 Å². The quantitative estimate of drug-likeness (QED) is 0.316. The van der Waals surface area contributed by atoms with Crippen molar-refractivity contribution in [2.24, 2.45) is 0 Å². The van der Waals surface area contributed by atoms with Gasteiger partial charge in [0.1, 0.15) is 5.75 Å². The Labute approximate surface area is 226 Å². The van der Waals surface area contributed by atoms with Crippen LogP contribution in [-0.4, -0.2) is 53.6 Å². The fourth-order valence-electron chi connectivity index (χ4n) is 4.98. The summed E-state index contributed by atoms with van der Waals surface area (Å²) in [5.41, 5.74) is 11.0. The third-order valence-corrected chi connectivity index (χ3v) is 7.07. The number of rotatable bonds is 8. The largest absolute Gasteiger partial charge is 0.494 e. The molecule has 3 aromatic carbocycles. The van der Waals surface area contributed by atoms with Crippen LogP contribution in [0.1, 0.15) is 33.9 Å². The summed E-state index contributed by atoms with van der Waals surface area (Å²) in [5.74, 6) is 0.692. The normalized spacial score (nSPS) is 16.6. The summed E-state index contributed by atoms with van der Waals surface area (Å²) >= 11 is 0. The van der Waals surface area contributed by atoms with Crippen LogP contribution >= 0.6 is 0 Å². The molecular formula is C29H31N7O3. The molecule has 1 fully saturated rings. The van der Waals surface area contributed by atoms with Crippen molar-refractivity contribution in [3.63, 3.8) is 0 Å². The van der Waals surface area contributed by atoms with E-state index in [1.165, 1.54) is 11.1 Å². The van der Waals surface area contributed by atoms with Crippen molar-refractivity contribution in [2.45, 2.75) is 19.0 Å². The summed E-state index contributed by atoms with van der Waals surface area (Å²) in [6.45, 7) is 4.58. The van der Waals surface area contributed by atoms with Crippen molar-refractivity contribution in [1.82, 2.24) is 20.1 Å². The second kappa shape index (κ2) is 11.1. The molecule has 2 aliphatic heterocycles. The molecule has 39 heavy (non-hydrogen) atoms. The smallest absolute Gasteiger partial charge is 0.281 e. The topological polar surface area (TPSA) is 120 Å². The fourth-order valence-corrected chi connectivity index (χ4v) is 4.98. The second-order valence-corrected chi connectivity index (χ2v) is 9.58. The van der Waals surface area contributed by atoms with Crippen LogP contribution in [-0.2, 0) is 11.3 Å². The van der Waals surface area contributed by atoms with E-state index in [4.69, 9.17) is 15.2 Å². The van der Waals surface area contributed by atoms with E-state index in [9.17, 15) is 4.79 Å². The molecule has 4 aromatic rings. The summed E-state index contributed by atoms with van der Waals surface area (Å²) < 4.78 is 12.5. The van der Waals surface area contributed by atoms with Crippen molar-refractivity contribution in [2.75, 3.05) is 48.9 Å². The third kappa shape index (κ3) is 5.57. The first kappa shape index (κ1) is 24.9. The van der Waals surface area contributed by atoms with Gasteiger partial charge in [0.15, 0.2) is 0 Å². The zero-order valence-corrected chi connectivity index (χ0v) is 21.5. The number of carbonyl (C=O) groups excluding carboxylic acids is 1. The van der Waals surface area contributed by atoms with Gasteiger partial charge in [-0.3, -0.25) is 4.79 Å². The molecule has 0 saturated carbocycles. The molecule has 10 nitrogen and oxygen atoms in total. The van der Waals surface area contributed by atoms with E-state index in [0.29, 0.717) is 31.4 Å². The number of nitrogens with two attached hydrogens (primary N) is 1. The standard InChI is InChI=1S/C29H31N7O3/c30-28-33-29(34-36(28)27(37)20-5-9-23(10-6-20)35-14-17-38-18-15-35)32-22-7-11-24(12-8-22)39-16-13-26-25-4-2-1-3-21(25)19-31-26/h1-12,26,31H,13-19H2,(H3,30,32,33,34). The predicted molar refractivity (Wildman–Crippen MR) is 149 cm³/mol. The lowest BCUT2D eigenvalue weighted by Crippen LogP contribution is -2.36. The first-order valence-corrected chi connectivity index (χ1v) is 13.1. The number of fused-ring (bicyclic) bond motifs is 1. The van der Waals surface area contributed by atoms with Crippen LogP contribution in [0.15, 0.2) is 72.8 Å². The molecule has 2 aliphatic rings. The monoisotopic (exact) mass is 525 g/mol. The average Bonchev–Trinajstić information content (AvgIpc) is 3.57. The van der Waals surface area contributed by atoms with Crippen molar-refractivity contribution in [3.05, 3.63) is 89.5 Å². The van der Waals surface area contributed by atoms with E-state index >= 15 is 0 Å². The number of nitrogens with one attached hydrogen (secondary N) is 2. The van der Waals surface area contributed by atoms with Gasteiger partial charge in [-0.1, -0.05) is 24.3 Å². The van der Waals surface area contributed by atoms with E-state index < -0.39 is 0 Å². The molecule has 0 radical (unpaired) electrons. The van der Waals surface area contributed by atoms with E-state index in [1.54, 1.807) is 12.1 Å². The lowest BCUT2D eigenvalue weighted by molar-refractivity contribution is 0.0948. The number of nitrogen functional groups attached to an aromatic ring is 1. The molecule has 3 heterocycles. The van der Waals surface area contributed by atoms with Gasteiger partial charge < -0.3 is 30.7 Å². The van der Waals surface area contributed by atoms with Crippen LogP contribution in [0.4, 0.5) is 23.3 Å². The van der Waals surface area contributed by atoms with E-state index in [2.05, 4.69) is 49.9 Å². The number of hydrogen-bond acceptors (Lipinski definition) is 9. The van der Waals surface area contributed by atoms with Gasteiger partial charge in [-0.25, -0.2) is 0 Å². The van der Waals surface area contributed by atoms with Crippen molar-refractivity contribution >= 4 is 29.2 Å². The highest BCUT2D eigenvalue weighted by atomic mass is 16.5. The lowest BCUT2D eigenvalue weighted by atomic mass is 10.0. The number of ether oxygens (including phenoxy) is 2. The van der Waals surface area contributed by atoms with Crippen LogP contribution < -0.4 is 26.0 Å². The molecule has 0 spiro atoms. The molecule has 10 heteroatoms. The minimum atomic E-state index is -0.343. The highest BCUT2D eigenvalue weighted by Gasteiger charge is 2.21. The Morgan fingerprint density at radius 1 is 1.05 bits per heavy atom. The summed E-state index contributed by atoms with van der Waals surface area (Å²) in [7, 11) is 0. The molecule has 1 unspecified atom stereocenters. The first-order valence-electron chi connectivity index (χ1n) is 13.1. The maximum atomic E-state index is 13.0. The number of benzene rings is 3. The van der Waals surface area contributed by atoms with Gasteiger partial charge >= 0.3 is 0 Å². The molecular weight excluding hydrogens is 494 g/mol. The van der Waals surface area contributed by atoms with E-state index in [0.717, 1.165) is 47.9 Å². The van der Waals surface area contributed by atoms with Gasteiger partial charge in [0.05, 0.1) is 19.8 Å². The summed E-state index contributed by atoms with van der Waals surface area (Å²) in [5, 5.41) is 10.9. The van der Waals surface area contributed by atoms with E-state index in [-0.39, 0.29) is 17.8 Å². The minimum Gasteiger partial charge on any atom is -0.494 e. The predicted octanol–water partition coefficient (Wildman–Crippen LogP) is 3.74. The third-order valence-electron chi connectivity index (χ3n) is 7.07. The van der Waals surface area contributed by atoms with Crippen LogP contribution in [0.3, 0.4) is 0 Å². The number of anilines is 4. The number of nitrogens with zero attached hydrogens (tertiary/aromatic N) is 4. The minimum absolute atomic E-state index is 0.0156. The van der Waals surface area contributed by atoms with Crippen LogP contribution in [0.25, 0.3) is 0 Å². The van der Waals surface area contributed by atoms with Crippen molar-refractivity contribution in [3.8, 4) is 5.75 Å². The zero-order chi connectivity index (χ0) is 26.6. The molecule has 200 valence electrons. The van der Waals surface area contributed by atoms with E-state index in [1.807, 2.05) is 36.4 Å². The maximum Gasteiger partial charge on any atom is 0.281 e. The van der Waals surface area contributed by atoms with Gasteiger partial charge in [0.25, 0.3) is 5.91 Å². The lowest BCUT2D eigenvalue weighted by Gasteiger charge is -2.28. The average molecular weight is 526 g/mol. The van der Waals surface area contributed by atoms with Crippen LogP contribution in [0.2, 0.25) is 0 Å². The van der Waals surface area contributed by atoms with Gasteiger partial charge in [-0.05, 0) is 59.7 Å². The summed E-state index contributed by atoms with van der Waals surface area (Å²) in [6, 6.07) is 23.8. The van der Waals surface area contributed by atoms with Crippen LogP contribution in [0, 0.1) is 0 Å². The Hall–Kier alpha value is -4.41. The molecule has 0 amide bonds. The Morgan fingerprint density at radius 2 is 1.82 bits per heavy atom. The number of carbonyl (C=O) groups is 1. The van der Waals surface area contributed by atoms with Crippen LogP contribution in [0.5, 0.6) is 5.75 Å². The second-order valence-electron chi connectivity index (χ2n) is 9.58. The Morgan fingerprint density at radius 3 is 2.62 bits per heavy atom. The van der Waals surface area contributed by atoms with Crippen molar-refractivity contribution < 1.29 is 14.3 Å². The molecule has 1 saturated heterocycles. The number of morpholine rings is 1. The molecule has 4 N–H and O–H groups in total. The molecule has 1 aromatic heterocycles. The fraction of sp³-hybridized carbons (Fsp3) is 0.276. The zero-order valence-electron chi connectivity index (χ0n) is 21.5. The number of aromatic nitrogens is 3. The highest BCUT2D eigenvalue weighted by Crippen LogP contribution is 2.28. The van der Waals surface area contributed by atoms with Gasteiger partial charge in [-0.2, -0.15) is 9.67 Å². The molecule has 6 rings (SSSR count). The SMILES string of the molecule is Nc1nc(Nc2ccc(OCCC3NCc4ccccc43)cc2)nn1C(=O)c1ccc(N2CCOCC2)cc1. The summed E-state index contributed by atoms with van der Waals surface area (Å²) in [4.78, 5) is 19.5. The molecule has 0 bridgehead atoms. The Bertz CT molecular complexity index is 1430. The van der Waals surface area contributed by atoms with Crippen molar-refractivity contribution in [1.29, 1.82) is 0 Å². The van der Waals surface area contributed by atoms with Gasteiger partial charge in [0.2, 0.25) is 11.9 Å². The Kier molecular flexibility index (Phi) is 7.11. The first-order chi connectivity index (χ1) is 19.1. The molecule has 0 aliphatic carbocycles. The maximum absolute atomic E-state index is 13.0.